The van der Waals surface area contributed by atoms with Gasteiger partial charge in [0.1, 0.15) is 11.2 Å². The predicted molar refractivity (Wildman–Crippen MR) is 207 cm³/mol. The lowest BCUT2D eigenvalue weighted by Gasteiger charge is -2.69. The van der Waals surface area contributed by atoms with E-state index in [1.54, 1.807) is 0 Å². The van der Waals surface area contributed by atoms with Crippen LogP contribution in [0.3, 0.4) is 0 Å². The van der Waals surface area contributed by atoms with Crippen LogP contribution in [0.1, 0.15) is 125 Å². The zero-order chi connectivity index (χ0) is 37.0. The Morgan fingerprint density at radius 2 is 1.83 bits per heavy atom. The molecule has 8 bridgehead atoms. The summed E-state index contributed by atoms with van der Waals surface area (Å²) >= 11 is 0. The average molecular weight is 736 g/mol. The highest BCUT2D eigenvalue weighted by Gasteiger charge is 2.91. The number of esters is 2. The molecule has 12 aliphatic rings. The van der Waals surface area contributed by atoms with E-state index in [4.69, 9.17) is 15.2 Å². The lowest BCUT2D eigenvalue weighted by molar-refractivity contribution is -0.272. The minimum Gasteiger partial charge on any atom is -0.509 e. The van der Waals surface area contributed by atoms with E-state index < -0.39 is 16.4 Å². The minimum absolute atomic E-state index is 0.186. The van der Waals surface area contributed by atoms with E-state index in [0.29, 0.717) is 67.2 Å². The van der Waals surface area contributed by atoms with E-state index in [1.807, 2.05) is 6.07 Å². The molecule has 0 radical (unpaired) electrons. The average Bonchev–Trinajstić information content (AvgIpc) is 3.63. The smallest absolute Gasteiger partial charge is 0.339 e. The van der Waals surface area contributed by atoms with E-state index in [1.165, 1.54) is 49.8 Å². The highest BCUT2D eigenvalue weighted by Crippen LogP contribution is 2.85. The second kappa shape index (κ2) is 13.0. The van der Waals surface area contributed by atoms with Crippen molar-refractivity contribution in [3.05, 3.63) is 69.8 Å². The van der Waals surface area contributed by atoms with Crippen molar-refractivity contribution in [1.82, 2.24) is 9.80 Å². The van der Waals surface area contributed by atoms with Gasteiger partial charge in [0.15, 0.2) is 11.4 Å². The number of aliphatic hydroxyl groups is 1. The van der Waals surface area contributed by atoms with Gasteiger partial charge in [-0.2, -0.15) is 0 Å². The second-order valence-corrected chi connectivity index (χ2v) is 19.1. The topological polar surface area (TPSA) is 105 Å². The van der Waals surface area contributed by atoms with Crippen LogP contribution in [0, 0.1) is 46.3 Å². The fraction of sp³-hybridized carbons (Fsp3) is 0.696. The Kier molecular flexibility index (Phi) is 8.49. The van der Waals surface area contributed by atoms with Crippen molar-refractivity contribution in [1.29, 1.82) is 0 Å². The summed E-state index contributed by atoms with van der Waals surface area (Å²) in [5.41, 5.74) is 8.18. The van der Waals surface area contributed by atoms with Crippen molar-refractivity contribution in [2.45, 2.75) is 122 Å². The Hall–Kier alpha value is -3.10. The van der Waals surface area contributed by atoms with Crippen molar-refractivity contribution >= 4 is 11.9 Å². The molecule has 3 N–H and O–H groups in total. The monoisotopic (exact) mass is 735 g/mol. The fourth-order valence-electron chi connectivity index (χ4n) is 14.3. The largest absolute Gasteiger partial charge is 0.509 e. The summed E-state index contributed by atoms with van der Waals surface area (Å²) in [5.74, 6) is 2.29. The number of hydrogen-bond acceptors (Lipinski definition) is 8. The van der Waals surface area contributed by atoms with Crippen molar-refractivity contribution < 1.29 is 24.2 Å². The number of aliphatic hydroxyl groups excluding tert-OH is 1. The molecule has 290 valence electrons. The quantitative estimate of drug-likeness (QED) is 0.224. The molecule has 3 saturated heterocycles. The molecule has 4 aliphatic carbocycles. The molecule has 8 heterocycles. The highest BCUT2D eigenvalue weighted by atomic mass is 16.6. The number of fused-ring (bicyclic) bond motifs is 2. The molecule has 8 heteroatoms. The van der Waals surface area contributed by atoms with E-state index in [2.05, 4.69) is 47.9 Å². The number of carbonyl (C=O) groups is 2. The molecule has 9 atom stereocenters. The maximum atomic E-state index is 15.1. The SMILES string of the molecule is CCCC1C23C=C4CCC2(C(=C(O)CC(C2CCCCC2)N2CC5CC(CN(C5)C5=CCC(C)CC45)C2)OC3=O)C12OC(=O)c1c(CCCN)cccc12. The number of allylic oxidation sites excluding steroid dienone is 2. The fourth-order valence-corrected chi connectivity index (χ4v) is 14.3. The maximum absolute atomic E-state index is 15.1. The van der Waals surface area contributed by atoms with E-state index in [9.17, 15) is 9.90 Å². The summed E-state index contributed by atoms with van der Waals surface area (Å²) < 4.78 is 13.6. The van der Waals surface area contributed by atoms with Gasteiger partial charge in [-0.1, -0.05) is 75.5 Å². The molecule has 2 saturated carbocycles. The van der Waals surface area contributed by atoms with Gasteiger partial charge in [0.2, 0.25) is 0 Å². The first kappa shape index (κ1) is 35.3. The maximum Gasteiger partial charge on any atom is 0.339 e. The number of carbonyl (C=O) groups excluding carboxylic acids is 2. The zero-order valence-electron chi connectivity index (χ0n) is 32.6. The number of nitrogens with two attached hydrogens (primary N) is 1. The summed E-state index contributed by atoms with van der Waals surface area (Å²) in [7, 11) is 0. The molecule has 0 amide bonds. The van der Waals surface area contributed by atoms with Crippen LogP contribution in [0.4, 0.5) is 0 Å². The first-order valence-corrected chi connectivity index (χ1v) is 21.9. The van der Waals surface area contributed by atoms with Gasteiger partial charge in [-0.25, -0.2) is 4.79 Å². The zero-order valence-corrected chi connectivity index (χ0v) is 32.6. The second-order valence-electron chi connectivity index (χ2n) is 19.1. The van der Waals surface area contributed by atoms with Gasteiger partial charge in [-0.15, -0.1) is 0 Å². The Morgan fingerprint density at radius 3 is 2.59 bits per heavy atom. The van der Waals surface area contributed by atoms with Crippen LogP contribution in [0.5, 0.6) is 0 Å². The Morgan fingerprint density at radius 1 is 1.04 bits per heavy atom. The summed E-state index contributed by atoms with van der Waals surface area (Å²) in [6.45, 7) is 9.40. The van der Waals surface area contributed by atoms with E-state index in [-0.39, 0.29) is 35.6 Å². The molecule has 1 aromatic rings. The molecule has 0 aromatic heterocycles. The number of benzene rings is 1. The van der Waals surface area contributed by atoms with Gasteiger partial charge < -0.3 is 25.2 Å². The highest BCUT2D eigenvalue weighted by molar-refractivity contribution is 5.99. The Balaban J connectivity index is 1.21. The molecule has 5 fully saturated rings. The minimum atomic E-state index is -1.10. The molecular formula is C46H61N3O5. The summed E-state index contributed by atoms with van der Waals surface area (Å²) in [4.78, 5) is 35.1. The predicted octanol–water partition coefficient (Wildman–Crippen LogP) is 7.93. The number of ether oxygens (including phenoxy) is 2. The third-order valence-corrected chi connectivity index (χ3v) is 16.2. The van der Waals surface area contributed by atoms with Crippen LogP contribution in [-0.4, -0.2) is 65.6 Å². The summed E-state index contributed by atoms with van der Waals surface area (Å²) in [6.07, 6.45) is 19.4. The van der Waals surface area contributed by atoms with Gasteiger partial charge in [0.25, 0.3) is 0 Å². The number of rotatable bonds is 6. The third-order valence-electron chi connectivity index (χ3n) is 16.2. The molecule has 8 aliphatic heterocycles. The molecule has 9 unspecified atom stereocenters. The normalized spacial score (nSPS) is 41.0. The number of piperidine rings is 2. The van der Waals surface area contributed by atoms with Gasteiger partial charge in [-0.05, 0) is 100.0 Å². The number of hydrogen-bond donors (Lipinski definition) is 2. The van der Waals surface area contributed by atoms with E-state index in [0.717, 1.165) is 69.4 Å². The molecule has 8 nitrogen and oxygen atoms in total. The van der Waals surface area contributed by atoms with Crippen LogP contribution in [0.2, 0.25) is 0 Å². The van der Waals surface area contributed by atoms with Gasteiger partial charge in [0, 0.05) is 61.7 Å². The summed E-state index contributed by atoms with van der Waals surface area (Å²) in [6, 6.07) is 6.36. The molecule has 13 rings (SSSR count). The van der Waals surface area contributed by atoms with Crippen molar-refractivity contribution in [2.75, 3.05) is 32.7 Å². The van der Waals surface area contributed by atoms with Crippen molar-refractivity contribution in [3.63, 3.8) is 0 Å². The molecule has 2 spiro atoms. The lowest BCUT2D eigenvalue weighted by atomic mass is 9.31. The standard InChI is InChI=1S/C46H61N3O5/c1-3-9-39-44-23-33-17-18-45(44,46(39)35-14-7-12-32(13-8-19-47)40(35)42(51)54-46)41(53-43(44)52)38(50)22-37(31-10-5-4-6-11-31)49-26-29-21-30(27-49)25-48(24-29)36-16-15-28(2)20-34(33)36/h7,12,14,16,23,28-31,34,37,39,50H,3-6,8-11,13,15,17-22,24-27,47H2,1-2H3. The Bertz CT molecular complexity index is 1810. The molecular weight excluding hydrogens is 675 g/mol. The van der Waals surface area contributed by atoms with E-state index >= 15 is 4.79 Å². The summed E-state index contributed by atoms with van der Waals surface area (Å²) in [5, 5.41) is 12.8. The Labute approximate surface area is 321 Å². The van der Waals surface area contributed by atoms with Crippen LogP contribution in [-0.2, 0) is 26.3 Å². The third kappa shape index (κ3) is 4.68. The van der Waals surface area contributed by atoms with Gasteiger partial charge in [-0.3, -0.25) is 9.69 Å². The van der Waals surface area contributed by atoms with Gasteiger partial charge >= 0.3 is 11.9 Å². The first-order chi connectivity index (χ1) is 26.3. The number of aryl methyl sites for hydroxylation is 1. The van der Waals surface area contributed by atoms with Crippen LogP contribution in [0.15, 0.2) is 53.1 Å². The number of nitrogens with zero attached hydrogens (tertiary/aromatic N) is 2. The van der Waals surface area contributed by atoms with Crippen molar-refractivity contribution in [2.24, 2.45) is 52.1 Å². The van der Waals surface area contributed by atoms with Crippen LogP contribution < -0.4 is 5.73 Å². The van der Waals surface area contributed by atoms with Gasteiger partial charge in [0.05, 0.1) is 11.0 Å². The first-order valence-electron chi connectivity index (χ1n) is 21.9. The van der Waals surface area contributed by atoms with Crippen molar-refractivity contribution in [3.8, 4) is 0 Å². The van der Waals surface area contributed by atoms with Crippen LogP contribution in [0.25, 0.3) is 0 Å². The molecule has 1 aromatic carbocycles. The van der Waals surface area contributed by atoms with Crippen LogP contribution >= 0.6 is 0 Å². The molecule has 54 heavy (non-hydrogen) atoms. The lowest BCUT2D eigenvalue weighted by Crippen LogP contribution is -2.75.